The minimum absolute atomic E-state index is 0.388. The molecular weight excluding hydrogens is 309 g/mol. The van der Waals surface area contributed by atoms with Crippen LogP contribution in [0.4, 0.5) is 18.9 Å². The Balaban J connectivity index is 1.85. The molecule has 1 aromatic carbocycles. The fraction of sp³-hybridized carbons (Fsp3) is 0.625. The zero-order chi connectivity index (χ0) is 16.9. The maximum Gasteiger partial charge on any atom is 0.401 e. The molecular formula is C16H23F3N2O2. The second-order valence-electron chi connectivity index (χ2n) is 5.75. The lowest BCUT2D eigenvalue weighted by Crippen LogP contribution is -2.30. The third-order valence-corrected chi connectivity index (χ3v) is 4.04. The van der Waals surface area contributed by atoms with Crippen molar-refractivity contribution in [3.05, 3.63) is 18.2 Å². The van der Waals surface area contributed by atoms with Crippen LogP contribution < -0.4 is 19.7 Å². The van der Waals surface area contributed by atoms with Crippen molar-refractivity contribution >= 4 is 5.69 Å². The zero-order valence-electron chi connectivity index (χ0n) is 13.4. The van der Waals surface area contributed by atoms with E-state index in [0.717, 1.165) is 43.1 Å². The van der Waals surface area contributed by atoms with Gasteiger partial charge in [-0.05, 0) is 25.3 Å². The molecule has 1 atom stereocenters. The van der Waals surface area contributed by atoms with Crippen LogP contribution >= 0.6 is 0 Å². The lowest BCUT2D eigenvalue weighted by molar-refractivity contribution is -0.124. The van der Waals surface area contributed by atoms with Gasteiger partial charge in [-0.2, -0.15) is 13.2 Å². The van der Waals surface area contributed by atoms with Crippen molar-refractivity contribution in [1.29, 1.82) is 0 Å². The summed E-state index contributed by atoms with van der Waals surface area (Å²) in [4.78, 5) is 2.22. The van der Waals surface area contributed by atoms with Crippen molar-refractivity contribution < 1.29 is 22.6 Å². The summed E-state index contributed by atoms with van der Waals surface area (Å²) in [5, 5.41) is 2.46. The van der Waals surface area contributed by atoms with Crippen molar-refractivity contribution in [3.8, 4) is 11.5 Å². The Hall–Kier alpha value is -1.63. The van der Waals surface area contributed by atoms with Crippen LogP contribution in [0.25, 0.3) is 0 Å². The zero-order valence-corrected chi connectivity index (χ0v) is 13.4. The van der Waals surface area contributed by atoms with Gasteiger partial charge in [-0.3, -0.25) is 0 Å². The van der Waals surface area contributed by atoms with Crippen molar-refractivity contribution in [2.75, 3.05) is 45.3 Å². The van der Waals surface area contributed by atoms with E-state index in [9.17, 15) is 13.2 Å². The molecule has 1 heterocycles. The highest BCUT2D eigenvalue weighted by molar-refractivity contribution is 5.56. The molecule has 1 aliphatic heterocycles. The molecule has 2 rings (SSSR count). The number of nitrogens with zero attached hydrogens (tertiary/aromatic N) is 1. The SMILES string of the molecule is COc1cc(OC)cc(N2CCC(CCNCC(F)(F)F)C2)c1. The van der Waals surface area contributed by atoms with Gasteiger partial charge in [-0.25, -0.2) is 0 Å². The number of benzene rings is 1. The Morgan fingerprint density at radius 2 is 1.83 bits per heavy atom. The molecule has 4 nitrogen and oxygen atoms in total. The summed E-state index contributed by atoms with van der Waals surface area (Å²) in [5.41, 5.74) is 1.02. The van der Waals surface area contributed by atoms with Gasteiger partial charge in [0.1, 0.15) is 11.5 Å². The molecule has 0 bridgehead atoms. The molecule has 0 radical (unpaired) electrons. The van der Waals surface area contributed by atoms with Crippen LogP contribution in [0.3, 0.4) is 0 Å². The number of anilines is 1. The molecule has 0 spiro atoms. The van der Waals surface area contributed by atoms with Crippen LogP contribution in [0.5, 0.6) is 11.5 Å². The number of rotatable bonds is 7. The van der Waals surface area contributed by atoms with E-state index in [0.29, 0.717) is 12.5 Å². The fourth-order valence-electron chi connectivity index (χ4n) is 2.81. The van der Waals surface area contributed by atoms with Gasteiger partial charge < -0.3 is 19.7 Å². The highest BCUT2D eigenvalue weighted by atomic mass is 19.4. The van der Waals surface area contributed by atoms with Crippen molar-refractivity contribution in [3.63, 3.8) is 0 Å². The van der Waals surface area contributed by atoms with Gasteiger partial charge in [0.05, 0.1) is 20.8 Å². The van der Waals surface area contributed by atoms with Crippen LogP contribution in [0, 0.1) is 5.92 Å². The van der Waals surface area contributed by atoms with E-state index in [1.807, 2.05) is 18.2 Å². The summed E-state index contributed by atoms with van der Waals surface area (Å²) in [6.07, 6.45) is -2.42. The first-order chi connectivity index (χ1) is 10.9. The van der Waals surface area contributed by atoms with E-state index in [4.69, 9.17) is 9.47 Å². The lowest BCUT2D eigenvalue weighted by Gasteiger charge is -2.20. The van der Waals surface area contributed by atoms with E-state index in [1.54, 1.807) is 14.2 Å². The average Bonchev–Trinajstić information content (AvgIpc) is 2.99. The highest BCUT2D eigenvalue weighted by Gasteiger charge is 2.27. The molecule has 1 aliphatic rings. The summed E-state index contributed by atoms with van der Waals surface area (Å²) in [6, 6.07) is 5.72. The Morgan fingerprint density at radius 1 is 1.17 bits per heavy atom. The Morgan fingerprint density at radius 3 is 2.39 bits per heavy atom. The van der Waals surface area contributed by atoms with E-state index in [-0.39, 0.29) is 0 Å². The smallest absolute Gasteiger partial charge is 0.401 e. The second-order valence-corrected chi connectivity index (χ2v) is 5.75. The normalized spacial score (nSPS) is 18.3. The van der Waals surface area contributed by atoms with E-state index in [2.05, 4.69) is 10.2 Å². The molecule has 0 amide bonds. The van der Waals surface area contributed by atoms with Gasteiger partial charge in [-0.15, -0.1) is 0 Å². The molecule has 0 aliphatic carbocycles. The minimum atomic E-state index is -4.14. The first-order valence-electron chi connectivity index (χ1n) is 7.67. The molecule has 0 aromatic heterocycles. The second kappa shape index (κ2) is 7.77. The Kier molecular flexibility index (Phi) is 5.98. The highest BCUT2D eigenvalue weighted by Crippen LogP contribution is 2.32. The predicted molar refractivity (Wildman–Crippen MR) is 83.4 cm³/mol. The third kappa shape index (κ3) is 5.49. The Bertz CT molecular complexity index is 486. The molecule has 1 aromatic rings. The summed E-state index contributed by atoms with van der Waals surface area (Å²) in [5.74, 6) is 1.86. The summed E-state index contributed by atoms with van der Waals surface area (Å²) >= 11 is 0. The quantitative estimate of drug-likeness (QED) is 0.778. The molecule has 1 unspecified atom stereocenters. The van der Waals surface area contributed by atoms with Crippen molar-refractivity contribution in [1.82, 2.24) is 5.32 Å². The number of halogens is 3. The Labute approximate surface area is 134 Å². The first kappa shape index (κ1) is 17.7. The first-order valence-corrected chi connectivity index (χ1v) is 7.67. The summed E-state index contributed by atoms with van der Waals surface area (Å²) < 4.78 is 46.8. The number of alkyl halides is 3. The summed E-state index contributed by atoms with van der Waals surface area (Å²) in [7, 11) is 3.22. The standard InChI is InChI=1S/C16H23F3N2O2/c1-22-14-7-13(8-15(9-14)23-2)21-6-4-12(10-21)3-5-20-11-16(17,18)19/h7-9,12,20H,3-6,10-11H2,1-2H3. The molecule has 1 saturated heterocycles. The molecule has 1 fully saturated rings. The predicted octanol–water partition coefficient (Wildman–Crippen LogP) is 3.07. The number of hydrogen-bond donors (Lipinski definition) is 1. The largest absolute Gasteiger partial charge is 0.497 e. The topological polar surface area (TPSA) is 33.7 Å². The van der Waals surface area contributed by atoms with Gasteiger partial charge in [0.25, 0.3) is 0 Å². The van der Waals surface area contributed by atoms with Crippen LogP contribution in [-0.2, 0) is 0 Å². The molecule has 130 valence electrons. The monoisotopic (exact) mass is 332 g/mol. The van der Waals surface area contributed by atoms with E-state index in [1.165, 1.54) is 0 Å². The van der Waals surface area contributed by atoms with Gasteiger partial charge in [-0.1, -0.05) is 0 Å². The van der Waals surface area contributed by atoms with Crippen molar-refractivity contribution in [2.24, 2.45) is 5.92 Å². The average molecular weight is 332 g/mol. The minimum Gasteiger partial charge on any atom is -0.497 e. The van der Waals surface area contributed by atoms with Crippen LogP contribution in [0.15, 0.2) is 18.2 Å². The molecule has 0 saturated carbocycles. The van der Waals surface area contributed by atoms with Gasteiger partial charge in [0.15, 0.2) is 0 Å². The van der Waals surface area contributed by atoms with Crippen molar-refractivity contribution in [2.45, 2.75) is 19.0 Å². The van der Waals surface area contributed by atoms with Gasteiger partial charge >= 0.3 is 6.18 Å². The van der Waals surface area contributed by atoms with Gasteiger partial charge in [0.2, 0.25) is 0 Å². The molecule has 7 heteroatoms. The van der Waals surface area contributed by atoms with E-state index >= 15 is 0 Å². The fourth-order valence-corrected chi connectivity index (χ4v) is 2.81. The van der Waals surface area contributed by atoms with Crippen LogP contribution in [0.2, 0.25) is 0 Å². The molecule has 23 heavy (non-hydrogen) atoms. The van der Waals surface area contributed by atoms with Crippen LogP contribution in [-0.4, -0.2) is 46.6 Å². The maximum atomic E-state index is 12.1. The van der Waals surface area contributed by atoms with Gasteiger partial charge in [0, 0.05) is 37.0 Å². The third-order valence-electron chi connectivity index (χ3n) is 4.04. The van der Waals surface area contributed by atoms with E-state index < -0.39 is 12.7 Å². The number of hydrogen-bond acceptors (Lipinski definition) is 4. The lowest BCUT2D eigenvalue weighted by atomic mass is 10.1. The number of methoxy groups -OCH3 is 2. The summed E-state index contributed by atoms with van der Waals surface area (Å²) in [6.45, 7) is 1.19. The maximum absolute atomic E-state index is 12.1. The molecule has 1 N–H and O–H groups in total. The number of nitrogens with one attached hydrogen (secondary N) is 1. The number of ether oxygens (including phenoxy) is 2. The van der Waals surface area contributed by atoms with Crippen LogP contribution in [0.1, 0.15) is 12.8 Å².